The van der Waals surface area contributed by atoms with E-state index in [9.17, 15) is 22.8 Å². The summed E-state index contributed by atoms with van der Waals surface area (Å²) in [6.45, 7) is 4.50. The van der Waals surface area contributed by atoms with Crippen molar-refractivity contribution < 1.29 is 22.8 Å². The number of amides is 4. The lowest BCUT2D eigenvalue weighted by molar-refractivity contribution is 0.0956. The van der Waals surface area contributed by atoms with Gasteiger partial charge in [-0.1, -0.05) is 0 Å². The van der Waals surface area contributed by atoms with Crippen molar-refractivity contribution in [3.8, 4) is 12.1 Å². The molecule has 0 aliphatic carbocycles. The van der Waals surface area contributed by atoms with Crippen molar-refractivity contribution in [1.82, 2.24) is 19.4 Å². The van der Waals surface area contributed by atoms with Crippen molar-refractivity contribution in [2.24, 2.45) is 0 Å². The van der Waals surface area contributed by atoms with Gasteiger partial charge in [-0.05, 0) is 50.1 Å². The van der Waals surface area contributed by atoms with Gasteiger partial charge in [-0.3, -0.25) is 19.8 Å². The summed E-state index contributed by atoms with van der Waals surface area (Å²) >= 11 is 1.27. The molecule has 206 valence electrons. The summed E-state index contributed by atoms with van der Waals surface area (Å²) in [4.78, 5) is 42.7. The summed E-state index contributed by atoms with van der Waals surface area (Å²) < 4.78 is 26.3. The van der Waals surface area contributed by atoms with E-state index in [4.69, 9.17) is 10.5 Å². The van der Waals surface area contributed by atoms with Gasteiger partial charge in [0.15, 0.2) is 0 Å². The maximum atomic E-state index is 13.1. The maximum Gasteiger partial charge on any atom is 0.323 e. The molecule has 0 radical (unpaired) electrons. The zero-order chi connectivity index (χ0) is 28.9. The van der Waals surface area contributed by atoms with Crippen molar-refractivity contribution in [2.75, 3.05) is 39.0 Å². The molecule has 2 heterocycles. The van der Waals surface area contributed by atoms with E-state index in [1.807, 2.05) is 0 Å². The summed E-state index contributed by atoms with van der Waals surface area (Å²) in [5.41, 5.74) is 1.16. The lowest BCUT2D eigenvalue weighted by atomic mass is 10.0. The SMILES string of the molecule is CC(C)N1CCc2c(sc(NC(=O)c3ccc(S(=O)(=O)N(CC#N)CC#N)cc3)c2C(=O)NC(=O)N(C)C)C1. The molecule has 39 heavy (non-hydrogen) atoms. The molecule has 1 aliphatic rings. The predicted octanol–water partition coefficient (Wildman–Crippen LogP) is 2.22. The Balaban J connectivity index is 1.90. The average molecular weight is 572 g/mol. The molecule has 12 nitrogen and oxygen atoms in total. The van der Waals surface area contributed by atoms with E-state index < -0.39 is 41.0 Å². The molecule has 0 unspecified atom stereocenters. The number of hydrogen-bond acceptors (Lipinski definition) is 9. The third-order valence-electron chi connectivity index (χ3n) is 6.15. The second-order valence-corrected chi connectivity index (χ2v) is 12.3. The normalized spacial score (nSPS) is 13.3. The fourth-order valence-corrected chi connectivity index (χ4v) is 6.45. The van der Waals surface area contributed by atoms with Crippen molar-refractivity contribution >= 4 is 44.2 Å². The van der Waals surface area contributed by atoms with Crippen LogP contribution in [0.25, 0.3) is 0 Å². The topological polar surface area (TPSA) is 167 Å². The summed E-state index contributed by atoms with van der Waals surface area (Å²) in [6, 6.07) is 8.19. The van der Waals surface area contributed by atoms with E-state index >= 15 is 0 Å². The highest BCUT2D eigenvalue weighted by Gasteiger charge is 2.31. The maximum absolute atomic E-state index is 13.1. The third kappa shape index (κ3) is 6.61. The third-order valence-corrected chi connectivity index (χ3v) is 9.08. The molecule has 4 amide bonds. The number of nitrogens with zero attached hydrogens (tertiary/aromatic N) is 5. The Kier molecular flexibility index (Phi) is 9.42. The Hall–Kier alpha value is -3.82. The van der Waals surface area contributed by atoms with Crippen LogP contribution in [0.4, 0.5) is 9.80 Å². The quantitative estimate of drug-likeness (QED) is 0.455. The van der Waals surface area contributed by atoms with Crippen molar-refractivity contribution in [3.63, 3.8) is 0 Å². The minimum Gasteiger partial charge on any atom is -0.331 e. The average Bonchev–Trinajstić information content (AvgIpc) is 3.25. The molecule has 2 N–H and O–H groups in total. The van der Waals surface area contributed by atoms with Gasteiger partial charge in [0.05, 0.1) is 22.6 Å². The van der Waals surface area contributed by atoms with E-state index in [0.29, 0.717) is 18.0 Å². The summed E-state index contributed by atoms with van der Waals surface area (Å²) in [5.74, 6) is -1.19. The standard InChI is InChI=1S/C25H29N7O5S2/c1-16(2)31-12-9-19-20(15-31)38-24(21(19)23(34)29-25(35)30(3)4)28-22(33)17-5-7-18(8-6-17)39(36,37)32(13-10-26)14-11-27/h5-8,16H,9,12-15H2,1-4H3,(H,28,33)(H,29,34,35). The first-order chi connectivity index (χ1) is 18.4. The Morgan fingerprint density at radius 1 is 1.08 bits per heavy atom. The number of sulfonamides is 1. The van der Waals surface area contributed by atoms with Gasteiger partial charge in [0.25, 0.3) is 11.8 Å². The molecule has 3 rings (SSSR count). The Morgan fingerprint density at radius 2 is 1.69 bits per heavy atom. The zero-order valence-corrected chi connectivity index (χ0v) is 23.6. The van der Waals surface area contributed by atoms with E-state index in [0.717, 1.165) is 21.3 Å². The number of carbonyl (C=O) groups is 3. The van der Waals surface area contributed by atoms with Crippen LogP contribution in [0.15, 0.2) is 29.2 Å². The lowest BCUT2D eigenvalue weighted by Crippen LogP contribution is -2.40. The second kappa shape index (κ2) is 12.4. The first kappa shape index (κ1) is 29.7. The van der Waals surface area contributed by atoms with Crippen molar-refractivity contribution in [3.05, 3.63) is 45.8 Å². The molecule has 0 spiro atoms. The van der Waals surface area contributed by atoms with Crippen molar-refractivity contribution in [2.45, 2.75) is 37.8 Å². The van der Waals surface area contributed by atoms with Crippen LogP contribution >= 0.6 is 11.3 Å². The van der Waals surface area contributed by atoms with Crippen LogP contribution in [0.2, 0.25) is 0 Å². The van der Waals surface area contributed by atoms with Crippen LogP contribution in [0, 0.1) is 22.7 Å². The molecule has 14 heteroatoms. The van der Waals surface area contributed by atoms with Crippen LogP contribution in [0.3, 0.4) is 0 Å². The minimum atomic E-state index is -4.11. The molecule has 0 bridgehead atoms. The van der Waals surface area contributed by atoms with Gasteiger partial charge < -0.3 is 10.2 Å². The summed E-state index contributed by atoms with van der Waals surface area (Å²) in [6.07, 6.45) is 0.577. The molecule has 1 aromatic carbocycles. The number of nitriles is 2. The molecule has 0 saturated carbocycles. The number of hydrogen-bond donors (Lipinski definition) is 2. The van der Waals surface area contributed by atoms with Crippen molar-refractivity contribution in [1.29, 1.82) is 10.5 Å². The Bertz CT molecular complexity index is 1440. The molecule has 1 aromatic heterocycles. The minimum absolute atomic E-state index is 0.131. The van der Waals surface area contributed by atoms with E-state index in [1.165, 1.54) is 54.6 Å². The van der Waals surface area contributed by atoms with Crippen LogP contribution in [-0.2, 0) is 23.0 Å². The fourth-order valence-electron chi connectivity index (χ4n) is 3.95. The highest BCUT2D eigenvalue weighted by molar-refractivity contribution is 7.89. The number of benzene rings is 1. The highest BCUT2D eigenvalue weighted by atomic mass is 32.2. The molecule has 0 saturated heterocycles. The molecule has 0 atom stereocenters. The molecule has 2 aromatic rings. The Labute approximate surface area is 231 Å². The van der Waals surface area contributed by atoms with Gasteiger partial charge in [-0.25, -0.2) is 13.2 Å². The van der Waals surface area contributed by atoms with Crippen LogP contribution in [-0.4, -0.2) is 80.1 Å². The number of fused-ring (bicyclic) bond motifs is 1. The molecule has 0 fully saturated rings. The van der Waals surface area contributed by atoms with Crippen LogP contribution in [0.1, 0.15) is 45.0 Å². The smallest absolute Gasteiger partial charge is 0.323 e. The van der Waals surface area contributed by atoms with Gasteiger partial charge in [0.2, 0.25) is 10.0 Å². The number of rotatable bonds is 8. The van der Waals surface area contributed by atoms with Gasteiger partial charge in [0.1, 0.15) is 18.1 Å². The van der Waals surface area contributed by atoms with E-state index in [-0.39, 0.29) is 22.1 Å². The van der Waals surface area contributed by atoms with Crippen LogP contribution < -0.4 is 10.6 Å². The largest absolute Gasteiger partial charge is 0.331 e. The second-order valence-electron chi connectivity index (χ2n) is 9.24. The first-order valence-electron chi connectivity index (χ1n) is 12.0. The molecular formula is C25H29N7O5S2. The number of anilines is 1. The monoisotopic (exact) mass is 571 g/mol. The van der Waals surface area contributed by atoms with Crippen LogP contribution in [0.5, 0.6) is 0 Å². The number of nitrogens with one attached hydrogen (secondary N) is 2. The van der Waals surface area contributed by atoms with E-state index in [1.54, 1.807) is 12.1 Å². The first-order valence-corrected chi connectivity index (χ1v) is 14.2. The lowest BCUT2D eigenvalue weighted by Gasteiger charge is -2.30. The number of urea groups is 1. The zero-order valence-electron chi connectivity index (χ0n) is 22.0. The van der Waals surface area contributed by atoms with Gasteiger partial charge in [-0.2, -0.15) is 14.8 Å². The number of imide groups is 1. The molecular weight excluding hydrogens is 542 g/mol. The van der Waals surface area contributed by atoms with Gasteiger partial charge in [-0.15, -0.1) is 11.3 Å². The molecule has 1 aliphatic heterocycles. The number of thiophene rings is 1. The van der Waals surface area contributed by atoms with Gasteiger partial charge >= 0.3 is 6.03 Å². The highest BCUT2D eigenvalue weighted by Crippen LogP contribution is 2.38. The summed E-state index contributed by atoms with van der Waals surface area (Å²) in [7, 11) is -1.09. The fraction of sp³-hybridized carbons (Fsp3) is 0.400. The number of carbonyl (C=O) groups excluding carboxylic acids is 3. The Morgan fingerprint density at radius 3 is 2.23 bits per heavy atom. The predicted molar refractivity (Wildman–Crippen MR) is 144 cm³/mol. The van der Waals surface area contributed by atoms with Gasteiger partial charge in [0, 0.05) is 43.7 Å². The van der Waals surface area contributed by atoms with E-state index in [2.05, 4.69) is 29.4 Å². The summed E-state index contributed by atoms with van der Waals surface area (Å²) in [5, 5.41) is 23.2.